The van der Waals surface area contributed by atoms with E-state index in [1.807, 2.05) is 0 Å². The van der Waals surface area contributed by atoms with Crippen LogP contribution in [0.5, 0.6) is 5.88 Å². The van der Waals surface area contributed by atoms with Crippen LogP contribution in [0.25, 0.3) is 0 Å². The van der Waals surface area contributed by atoms with Gasteiger partial charge in [0, 0.05) is 6.92 Å². The fourth-order valence-electron chi connectivity index (χ4n) is 1.01. The molecule has 0 aromatic carbocycles. The first kappa shape index (κ1) is 10.7. The summed E-state index contributed by atoms with van der Waals surface area (Å²) >= 11 is 1.17. The summed E-state index contributed by atoms with van der Waals surface area (Å²) in [7, 11) is 1.49. The molecule has 8 heteroatoms. The van der Waals surface area contributed by atoms with Crippen LogP contribution in [0, 0.1) is 6.92 Å². The number of nitrogen functional groups attached to an aromatic ring is 1. The van der Waals surface area contributed by atoms with Gasteiger partial charge >= 0.3 is 0 Å². The van der Waals surface area contributed by atoms with Gasteiger partial charge in [0.2, 0.25) is 11.8 Å². The fraction of sp³-hybridized carbons (Fsp3) is 0.250. The predicted octanol–water partition coefficient (Wildman–Crippen LogP) is 0.910. The minimum absolute atomic E-state index is 0.328. The van der Waals surface area contributed by atoms with Gasteiger partial charge in [0.25, 0.3) is 5.22 Å². The summed E-state index contributed by atoms with van der Waals surface area (Å²) in [5, 5.41) is 8.43. The van der Waals surface area contributed by atoms with Crippen LogP contribution in [-0.4, -0.2) is 27.3 Å². The van der Waals surface area contributed by atoms with Crippen molar-refractivity contribution in [2.24, 2.45) is 0 Å². The molecule has 84 valence electrons. The van der Waals surface area contributed by atoms with Crippen LogP contribution >= 0.6 is 11.8 Å². The lowest BCUT2D eigenvalue weighted by atomic mass is 10.5. The molecule has 0 amide bonds. The molecule has 2 heterocycles. The zero-order chi connectivity index (χ0) is 11.5. The van der Waals surface area contributed by atoms with Gasteiger partial charge in [-0.2, -0.15) is 4.98 Å². The second-order valence-corrected chi connectivity index (χ2v) is 3.73. The van der Waals surface area contributed by atoms with Crippen LogP contribution in [0.15, 0.2) is 21.0 Å². The number of nitrogens with zero attached hydrogens (tertiary/aromatic N) is 4. The van der Waals surface area contributed by atoms with E-state index in [4.69, 9.17) is 14.9 Å². The van der Waals surface area contributed by atoms with Crippen molar-refractivity contribution >= 4 is 17.4 Å². The molecule has 7 nitrogen and oxygen atoms in total. The average molecular weight is 239 g/mol. The van der Waals surface area contributed by atoms with Crippen molar-refractivity contribution in [3.63, 3.8) is 0 Å². The Morgan fingerprint density at radius 1 is 1.38 bits per heavy atom. The van der Waals surface area contributed by atoms with Crippen molar-refractivity contribution in [1.29, 1.82) is 0 Å². The largest absolute Gasteiger partial charge is 0.479 e. The van der Waals surface area contributed by atoms with E-state index in [2.05, 4.69) is 20.2 Å². The summed E-state index contributed by atoms with van der Waals surface area (Å²) < 4.78 is 10.2. The first-order chi connectivity index (χ1) is 7.70. The molecule has 0 radical (unpaired) electrons. The standard InChI is InChI=1S/C8H9N5O2S/c1-4-12-13-8(15-4)16-7-5(9)6(14-2)10-3-11-7/h3H,9H2,1-2H3. The first-order valence-corrected chi connectivity index (χ1v) is 5.14. The van der Waals surface area contributed by atoms with Gasteiger partial charge in [-0.05, 0) is 11.8 Å². The SMILES string of the molecule is COc1ncnc(Sc2nnc(C)o2)c1N. The molecule has 0 fully saturated rings. The third kappa shape index (κ3) is 2.06. The van der Waals surface area contributed by atoms with E-state index in [9.17, 15) is 0 Å². The zero-order valence-electron chi connectivity index (χ0n) is 8.67. The number of anilines is 1. The van der Waals surface area contributed by atoms with Crippen LogP contribution in [0.1, 0.15) is 5.89 Å². The highest BCUT2D eigenvalue weighted by Gasteiger charge is 2.13. The second-order valence-electron chi connectivity index (χ2n) is 2.79. The lowest BCUT2D eigenvalue weighted by molar-refractivity contribution is 0.397. The van der Waals surface area contributed by atoms with Crippen molar-refractivity contribution in [3.05, 3.63) is 12.2 Å². The maximum Gasteiger partial charge on any atom is 0.283 e. The molecular formula is C8H9N5O2S. The molecular weight excluding hydrogens is 230 g/mol. The van der Waals surface area contributed by atoms with Gasteiger partial charge in [-0.25, -0.2) is 4.98 Å². The predicted molar refractivity (Wildman–Crippen MR) is 56.2 cm³/mol. The number of hydrogen-bond acceptors (Lipinski definition) is 8. The van der Waals surface area contributed by atoms with Crippen LogP contribution in [-0.2, 0) is 0 Å². The smallest absolute Gasteiger partial charge is 0.283 e. The number of methoxy groups -OCH3 is 1. The van der Waals surface area contributed by atoms with E-state index in [-0.39, 0.29) is 0 Å². The molecule has 2 rings (SSSR count). The topological polar surface area (TPSA) is 100.0 Å². The Hall–Kier alpha value is -1.83. The highest BCUT2D eigenvalue weighted by Crippen LogP contribution is 2.32. The Bertz CT molecular complexity index is 501. The molecule has 0 atom stereocenters. The zero-order valence-corrected chi connectivity index (χ0v) is 9.48. The lowest BCUT2D eigenvalue weighted by Crippen LogP contribution is -1.99. The molecule has 0 saturated heterocycles. The minimum atomic E-state index is 0.328. The maximum absolute atomic E-state index is 5.79. The molecule has 16 heavy (non-hydrogen) atoms. The normalized spacial score (nSPS) is 10.4. The quantitative estimate of drug-likeness (QED) is 0.789. The van der Waals surface area contributed by atoms with Gasteiger partial charge in [0.1, 0.15) is 17.0 Å². The van der Waals surface area contributed by atoms with E-state index in [0.717, 1.165) is 0 Å². The summed E-state index contributed by atoms with van der Waals surface area (Å²) in [5.74, 6) is 0.816. The van der Waals surface area contributed by atoms with Gasteiger partial charge in [0.15, 0.2) is 0 Å². The number of aromatic nitrogens is 4. The summed E-state index contributed by atoms with van der Waals surface area (Å²) in [6.07, 6.45) is 1.36. The Morgan fingerprint density at radius 2 is 2.19 bits per heavy atom. The molecule has 0 unspecified atom stereocenters. The van der Waals surface area contributed by atoms with Gasteiger partial charge in [-0.1, -0.05) is 0 Å². The molecule has 2 aromatic heterocycles. The van der Waals surface area contributed by atoms with Gasteiger partial charge in [0.05, 0.1) is 7.11 Å². The van der Waals surface area contributed by atoms with Crippen molar-refractivity contribution < 1.29 is 9.15 Å². The first-order valence-electron chi connectivity index (χ1n) is 4.33. The van der Waals surface area contributed by atoms with Crippen LogP contribution in [0.3, 0.4) is 0 Å². The Balaban J connectivity index is 2.28. The lowest BCUT2D eigenvalue weighted by Gasteiger charge is -2.04. The van der Waals surface area contributed by atoms with E-state index in [0.29, 0.717) is 27.7 Å². The van der Waals surface area contributed by atoms with Gasteiger partial charge < -0.3 is 14.9 Å². The van der Waals surface area contributed by atoms with Gasteiger partial charge in [-0.3, -0.25) is 0 Å². The highest BCUT2D eigenvalue weighted by molar-refractivity contribution is 7.99. The maximum atomic E-state index is 5.79. The Labute approximate surface area is 95.4 Å². The van der Waals surface area contributed by atoms with Crippen LogP contribution in [0.4, 0.5) is 5.69 Å². The van der Waals surface area contributed by atoms with Crippen LogP contribution in [0.2, 0.25) is 0 Å². The summed E-state index contributed by atoms with van der Waals surface area (Å²) in [5.41, 5.74) is 6.14. The summed E-state index contributed by atoms with van der Waals surface area (Å²) in [4.78, 5) is 7.88. The summed E-state index contributed by atoms with van der Waals surface area (Å²) in [6.45, 7) is 1.71. The molecule has 0 spiro atoms. The molecule has 2 N–H and O–H groups in total. The van der Waals surface area contributed by atoms with Crippen molar-refractivity contribution in [1.82, 2.24) is 20.2 Å². The number of hydrogen-bond donors (Lipinski definition) is 1. The number of ether oxygens (including phenoxy) is 1. The highest BCUT2D eigenvalue weighted by atomic mass is 32.2. The molecule has 0 aliphatic rings. The second kappa shape index (κ2) is 4.35. The van der Waals surface area contributed by atoms with Gasteiger partial charge in [-0.15, -0.1) is 10.2 Å². The average Bonchev–Trinajstić information content (AvgIpc) is 2.67. The fourth-order valence-corrected chi connectivity index (χ4v) is 1.72. The Kier molecular flexibility index (Phi) is 2.91. The Morgan fingerprint density at radius 3 is 2.81 bits per heavy atom. The van der Waals surface area contributed by atoms with Crippen molar-refractivity contribution in [3.8, 4) is 5.88 Å². The summed E-state index contributed by atoms with van der Waals surface area (Å²) in [6, 6.07) is 0. The van der Waals surface area contributed by atoms with E-state index in [1.165, 1.54) is 25.2 Å². The molecule has 2 aromatic rings. The van der Waals surface area contributed by atoms with E-state index >= 15 is 0 Å². The number of aryl methyl sites for hydroxylation is 1. The third-order valence-corrected chi connectivity index (χ3v) is 2.55. The molecule has 0 aliphatic carbocycles. The monoisotopic (exact) mass is 239 g/mol. The van der Waals surface area contributed by atoms with Crippen molar-refractivity contribution in [2.75, 3.05) is 12.8 Å². The number of rotatable bonds is 3. The molecule has 0 aliphatic heterocycles. The molecule has 0 saturated carbocycles. The third-order valence-electron chi connectivity index (χ3n) is 1.70. The van der Waals surface area contributed by atoms with E-state index in [1.54, 1.807) is 6.92 Å². The minimum Gasteiger partial charge on any atom is -0.479 e. The van der Waals surface area contributed by atoms with E-state index < -0.39 is 0 Å². The number of nitrogens with two attached hydrogens (primary N) is 1. The van der Waals surface area contributed by atoms with Crippen LogP contribution < -0.4 is 10.5 Å². The molecule has 0 bridgehead atoms. The van der Waals surface area contributed by atoms with Crippen molar-refractivity contribution in [2.45, 2.75) is 17.2 Å².